The van der Waals surface area contributed by atoms with E-state index in [0.29, 0.717) is 0 Å². The van der Waals surface area contributed by atoms with E-state index in [1.165, 1.54) is 5.56 Å². The third-order valence-corrected chi connectivity index (χ3v) is 12.7. The molecule has 5 nitrogen and oxygen atoms in total. The maximum atomic E-state index is 6.55. The molecule has 10 aromatic rings. The average molecular weight is 872 g/mol. The van der Waals surface area contributed by atoms with E-state index in [-0.39, 0.29) is 0 Å². The van der Waals surface area contributed by atoms with Crippen LogP contribution in [0.4, 0.5) is 17.1 Å². The highest BCUT2D eigenvalue weighted by atomic mass is 16.3. The number of aryl methyl sites for hydroxylation is 8. The second kappa shape index (κ2) is 17.8. The lowest BCUT2D eigenvalue weighted by atomic mass is 9.93. The Kier molecular flexibility index (Phi) is 11.4. The fourth-order valence-electron chi connectivity index (χ4n) is 9.62. The summed E-state index contributed by atoms with van der Waals surface area (Å²) in [6.45, 7) is 16.9. The van der Waals surface area contributed by atoms with Gasteiger partial charge in [-0.25, -0.2) is 0 Å². The zero-order chi connectivity index (χ0) is 46.3. The van der Waals surface area contributed by atoms with Crippen LogP contribution in [0, 0.1) is 55.4 Å². The number of hydrogen-bond donors (Lipinski definition) is 0. The van der Waals surface area contributed by atoms with Crippen molar-refractivity contribution in [3.8, 4) is 78.5 Å². The number of rotatable bonds is 10. The molecule has 0 aliphatic rings. The highest BCUT2D eigenvalue weighted by Crippen LogP contribution is 2.48. The van der Waals surface area contributed by atoms with Gasteiger partial charge in [0.1, 0.15) is 23.0 Å². The van der Waals surface area contributed by atoms with Crippen molar-refractivity contribution in [2.45, 2.75) is 55.4 Å². The lowest BCUT2D eigenvalue weighted by molar-refractivity contribution is 0.547. The van der Waals surface area contributed by atoms with Gasteiger partial charge in [0.15, 0.2) is 0 Å². The van der Waals surface area contributed by atoms with E-state index < -0.39 is 0 Å². The Morgan fingerprint density at radius 2 is 0.746 bits per heavy atom. The van der Waals surface area contributed by atoms with Crippen molar-refractivity contribution >= 4 is 17.1 Å². The molecule has 0 N–H and O–H groups in total. The van der Waals surface area contributed by atoms with Crippen LogP contribution in [0.15, 0.2) is 185 Å². The van der Waals surface area contributed by atoms with Crippen LogP contribution in [0.1, 0.15) is 44.9 Å². The van der Waals surface area contributed by atoms with E-state index in [2.05, 4.69) is 210 Å². The minimum absolute atomic E-state index is 0.827. The summed E-state index contributed by atoms with van der Waals surface area (Å²) in [4.78, 5) is 12.7. The number of benzene rings is 6. The molecule has 0 unspecified atom stereocenters. The molecule has 0 bridgehead atoms. The SMILES string of the molecule is Cc1cc(C)c(N(c2cc(-c3cc(-c4ccccc4)c(C)cn3)cc(-c3oc(C)cc3C)c2)c2cc(-c3cc(-c4ccccc4)c(C)cn3)cc(-c3oc(C)cc3C)c2)c(-c2ccccc2)c1. The van der Waals surface area contributed by atoms with Crippen molar-refractivity contribution in [3.63, 3.8) is 0 Å². The molecule has 10 rings (SSSR count). The highest BCUT2D eigenvalue weighted by molar-refractivity contribution is 5.95. The van der Waals surface area contributed by atoms with E-state index in [0.717, 1.165) is 135 Å². The molecule has 4 heterocycles. The summed E-state index contributed by atoms with van der Waals surface area (Å²) in [5.74, 6) is 3.37. The Bertz CT molecular complexity index is 3250. The summed E-state index contributed by atoms with van der Waals surface area (Å²) in [7, 11) is 0. The van der Waals surface area contributed by atoms with Crippen LogP contribution in [0.25, 0.3) is 78.5 Å². The van der Waals surface area contributed by atoms with Crippen LogP contribution in [0.5, 0.6) is 0 Å². The molecule has 0 amide bonds. The Balaban J connectivity index is 1.30. The first-order valence-corrected chi connectivity index (χ1v) is 22.9. The van der Waals surface area contributed by atoms with Crippen LogP contribution in [0.3, 0.4) is 0 Å². The number of pyridine rings is 2. The van der Waals surface area contributed by atoms with Crippen LogP contribution in [-0.2, 0) is 0 Å². The van der Waals surface area contributed by atoms with Gasteiger partial charge in [0, 0.05) is 51.6 Å². The first-order valence-electron chi connectivity index (χ1n) is 22.9. The molecule has 6 aromatic carbocycles. The largest absolute Gasteiger partial charge is 0.461 e. The lowest BCUT2D eigenvalue weighted by Gasteiger charge is -2.31. The molecule has 0 aliphatic heterocycles. The van der Waals surface area contributed by atoms with Crippen molar-refractivity contribution in [2.75, 3.05) is 4.90 Å². The Morgan fingerprint density at radius 3 is 1.15 bits per heavy atom. The number of nitrogens with zero attached hydrogens (tertiary/aromatic N) is 3. The van der Waals surface area contributed by atoms with Crippen molar-refractivity contribution in [1.29, 1.82) is 0 Å². The minimum atomic E-state index is 0.827. The molecule has 0 saturated heterocycles. The molecular formula is C62H53N3O2. The smallest absolute Gasteiger partial charge is 0.137 e. The van der Waals surface area contributed by atoms with Crippen LogP contribution < -0.4 is 4.90 Å². The monoisotopic (exact) mass is 871 g/mol. The standard InChI is InChI=1S/C62H53N3O2/c1-38-24-39(2)60(57(25-38)48-22-16-11-17-23-48)65(53-30-49(28-51(32-53)61-40(3)26-44(7)66-61)58-34-55(42(5)36-63-58)46-18-12-9-13-19-46)54-31-50(29-52(33-54)62-41(4)27-45(8)67-62)59-35-56(43(6)37-64-59)47-20-14-10-15-21-47/h9-37H,1-8H3. The van der Waals surface area contributed by atoms with Gasteiger partial charge in [0.25, 0.3) is 0 Å². The molecule has 0 spiro atoms. The number of aromatic nitrogens is 2. The highest BCUT2D eigenvalue weighted by Gasteiger charge is 2.25. The van der Waals surface area contributed by atoms with Gasteiger partial charge in [0.2, 0.25) is 0 Å². The summed E-state index contributed by atoms with van der Waals surface area (Å²) in [6, 6.07) is 58.6. The molecule has 5 heteroatoms. The molecule has 0 aliphatic carbocycles. The maximum absolute atomic E-state index is 6.55. The second-order valence-electron chi connectivity index (χ2n) is 18.0. The molecule has 0 atom stereocenters. The fourth-order valence-corrected chi connectivity index (χ4v) is 9.62. The van der Waals surface area contributed by atoms with Gasteiger partial charge >= 0.3 is 0 Å². The first kappa shape index (κ1) is 42.9. The quantitative estimate of drug-likeness (QED) is 0.137. The average Bonchev–Trinajstić information content (AvgIpc) is 3.87. The fraction of sp³-hybridized carbons (Fsp3) is 0.129. The van der Waals surface area contributed by atoms with Crippen molar-refractivity contribution < 1.29 is 8.83 Å². The lowest BCUT2D eigenvalue weighted by Crippen LogP contribution is -2.14. The predicted molar refractivity (Wildman–Crippen MR) is 277 cm³/mol. The second-order valence-corrected chi connectivity index (χ2v) is 18.0. The Hall–Kier alpha value is -8.02. The Morgan fingerprint density at radius 1 is 0.343 bits per heavy atom. The summed E-state index contributed by atoms with van der Waals surface area (Å²) < 4.78 is 13.1. The van der Waals surface area contributed by atoms with E-state index in [4.69, 9.17) is 18.8 Å². The van der Waals surface area contributed by atoms with Crippen LogP contribution in [-0.4, -0.2) is 9.97 Å². The van der Waals surface area contributed by atoms with Gasteiger partial charge in [-0.05, 0) is 178 Å². The molecule has 0 fully saturated rings. The van der Waals surface area contributed by atoms with Gasteiger partial charge in [-0.3, -0.25) is 9.97 Å². The topological polar surface area (TPSA) is 55.3 Å². The van der Waals surface area contributed by atoms with E-state index in [1.54, 1.807) is 0 Å². The predicted octanol–water partition coefficient (Wildman–Crippen LogP) is 17.3. The molecule has 328 valence electrons. The number of furan rings is 2. The third-order valence-electron chi connectivity index (χ3n) is 12.7. The van der Waals surface area contributed by atoms with E-state index >= 15 is 0 Å². The summed E-state index contributed by atoms with van der Waals surface area (Å²) in [5.41, 5.74) is 22.0. The molecule has 0 saturated carbocycles. The minimum Gasteiger partial charge on any atom is -0.461 e. The Labute approximate surface area is 394 Å². The van der Waals surface area contributed by atoms with Crippen LogP contribution >= 0.6 is 0 Å². The van der Waals surface area contributed by atoms with Gasteiger partial charge < -0.3 is 13.7 Å². The van der Waals surface area contributed by atoms with Crippen molar-refractivity contribution in [1.82, 2.24) is 9.97 Å². The van der Waals surface area contributed by atoms with Gasteiger partial charge in [-0.2, -0.15) is 0 Å². The summed E-state index contributed by atoms with van der Waals surface area (Å²) in [5, 5.41) is 0. The van der Waals surface area contributed by atoms with Crippen molar-refractivity contribution in [2.24, 2.45) is 0 Å². The van der Waals surface area contributed by atoms with Gasteiger partial charge in [0.05, 0.1) is 17.1 Å². The zero-order valence-electron chi connectivity index (χ0n) is 39.4. The third kappa shape index (κ3) is 8.53. The summed E-state index contributed by atoms with van der Waals surface area (Å²) in [6.07, 6.45) is 3.98. The van der Waals surface area contributed by atoms with Crippen molar-refractivity contribution in [3.05, 3.63) is 221 Å². The number of anilines is 3. The number of hydrogen-bond acceptors (Lipinski definition) is 5. The normalized spacial score (nSPS) is 11.3. The van der Waals surface area contributed by atoms with Crippen LogP contribution in [0.2, 0.25) is 0 Å². The molecule has 4 aromatic heterocycles. The molecular weight excluding hydrogens is 819 g/mol. The first-order chi connectivity index (χ1) is 32.5. The maximum Gasteiger partial charge on any atom is 0.137 e. The molecule has 67 heavy (non-hydrogen) atoms. The van der Waals surface area contributed by atoms with Gasteiger partial charge in [-0.1, -0.05) is 103 Å². The summed E-state index contributed by atoms with van der Waals surface area (Å²) >= 11 is 0. The zero-order valence-corrected chi connectivity index (χ0v) is 39.4. The van der Waals surface area contributed by atoms with E-state index in [9.17, 15) is 0 Å². The van der Waals surface area contributed by atoms with Gasteiger partial charge in [-0.15, -0.1) is 0 Å². The molecule has 0 radical (unpaired) electrons. The van der Waals surface area contributed by atoms with E-state index in [1.807, 2.05) is 26.2 Å².